The molecule has 0 atom stereocenters. The molecule has 0 radical (unpaired) electrons. The van der Waals surface area contributed by atoms with Gasteiger partial charge >= 0.3 is 12.1 Å². The highest BCUT2D eigenvalue weighted by Crippen LogP contribution is 2.22. The fourth-order valence-electron chi connectivity index (χ4n) is 1.33. The topological polar surface area (TPSA) is 67.8 Å². The fraction of sp³-hybridized carbons (Fsp3) is 0.214. The molecule has 23 heavy (non-hydrogen) atoms. The molecule has 0 saturated heterocycles. The van der Waals surface area contributed by atoms with Crippen LogP contribution in [0.15, 0.2) is 29.4 Å². The Balaban J connectivity index is 2.79. The Morgan fingerprint density at radius 1 is 1.39 bits per heavy atom. The lowest BCUT2D eigenvalue weighted by atomic mass is 10.2. The van der Waals surface area contributed by atoms with E-state index in [9.17, 15) is 22.8 Å². The molecule has 0 heterocycles. The van der Waals surface area contributed by atoms with Gasteiger partial charge in [-0.05, 0) is 36.8 Å². The minimum Gasteiger partial charge on any atom is -0.463 e. The average molecular weight is 349 g/mol. The number of benzene rings is 1. The van der Waals surface area contributed by atoms with Crippen LogP contribution in [0.25, 0.3) is 6.08 Å². The molecular weight excluding hydrogens is 337 g/mol. The SMILES string of the molecule is CCOC(=O)/C=C/c1cc(N/N=C\C(=O)C(F)(F)F)ccc1Cl. The van der Waals surface area contributed by atoms with Crippen molar-refractivity contribution < 1.29 is 27.5 Å². The molecule has 0 spiro atoms. The number of hydrogen-bond donors (Lipinski definition) is 1. The van der Waals surface area contributed by atoms with Crippen molar-refractivity contribution in [2.75, 3.05) is 12.0 Å². The number of carbonyl (C=O) groups is 2. The van der Waals surface area contributed by atoms with Crippen LogP contribution in [-0.2, 0) is 14.3 Å². The zero-order chi connectivity index (χ0) is 17.5. The van der Waals surface area contributed by atoms with Crippen LogP contribution in [0, 0.1) is 0 Å². The molecule has 0 saturated carbocycles. The molecule has 0 bridgehead atoms. The molecule has 0 unspecified atom stereocenters. The predicted molar refractivity (Wildman–Crippen MR) is 80.3 cm³/mol. The van der Waals surface area contributed by atoms with Gasteiger partial charge in [0.25, 0.3) is 5.78 Å². The number of hydrogen-bond acceptors (Lipinski definition) is 5. The Bertz CT molecular complexity index is 643. The average Bonchev–Trinajstić information content (AvgIpc) is 2.46. The number of esters is 1. The standard InChI is InChI=1S/C14H12ClF3N2O3/c1-2-23-13(22)6-3-9-7-10(4-5-11(9)15)20-19-8-12(21)14(16,17)18/h3-8,20H,2H2,1H3/b6-3+,19-8-. The predicted octanol–water partition coefficient (Wildman–Crippen LogP) is 3.45. The summed E-state index contributed by atoms with van der Waals surface area (Å²) in [6.45, 7) is 1.88. The largest absolute Gasteiger partial charge is 0.463 e. The first-order valence-corrected chi connectivity index (χ1v) is 6.66. The lowest BCUT2D eigenvalue weighted by Crippen LogP contribution is -2.23. The van der Waals surface area contributed by atoms with Gasteiger partial charge in [-0.15, -0.1) is 0 Å². The van der Waals surface area contributed by atoms with E-state index in [1.165, 1.54) is 24.3 Å². The molecule has 0 aliphatic carbocycles. The Labute approximate surface area is 134 Å². The van der Waals surface area contributed by atoms with Crippen molar-refractivity contribution in [1.29, 1.82) is 0 Å². The number of ether oxygens (including phenoxy) is 1. The second-order valence-corrected chi connectivity index (χ2v) is 4.46. The van der Waals surface area contributed by atoms with Gasteiger partial charge in [0.15, 0.2) is 0 Å². The number of ketones is 1. The molecule has 9 heteroatoms. The number of anilines is 1. The van der Waals surface area contributed by atoms with Crippen LogP contribution in [0.4, 0.5) is 18.9 Å². The summed E-state index contributed by atoms with van der Waals surface area (Å²) in [6, 6.07) is 4.34. The van der Waals surface area contributed by atoms with Crippen LogP contribution in [0.2, 0.25) is 5.02 Å². The van der Waals surface area contributed by atoms with E-state index in [0.717, 1.165) is 6.08 Å². The van der Waals surface area contributed by atoms with Crippen molar-refractivity contribution in [1.82, 2.24) is 0 Å². The molecule has 0 fully saturated rings. The molecule has 0 aromatic heterocycles. The van der Waals surface area contributed by atoms with Gasteiger partial charge in [0.05, 0.1) is 18.5 Å². The molecule has 1 rings (SSSR count). The molecule has 0 aliphatic heterocycles. The van der Waals surface area contributed by atoms with Gasteiger partial charge in [0.1, 0.15) is 0 Å². The van der Waals surface area contributed by atoms with E-state index in [-0.39, 0.29) is 18.5 Å². The highest BCUT2D eigenvalue weighted by Gasteiger charge is 2.36. The molecule has 1 aromatic rings. The van der Waals surface area contributed by atoms with Gasteiger partial charge in [-0.1, -0.05) is 11.6 Å². The van der Waals surface area contributed by atoms with E-state index in [2.05, 4.69) is 10.5 Å². The molecule has 1 N–H and O–H groups in total. The smallest absolute Gasteiger partial charge is 0.455 e. The van der Waals surface area contributed by atoms with Crippen LogP contribution in [0.5, 0.6) is 0 Å². The monoisotopic (exact) mass is 348 g/mol. The highest BCUT2D eigenvalue weighted by molar-refractivity contribution is 6.32. The maximum Gasteiger partial charge on any atom is 0.455 e. The Hall–Kier alpha value is -2.35. The van der Waals surface area contributed by atoms with E-state index in [4.69, 9.17) is 16.3 Å². The number of Topliss-reactive ketones (excluding diaryl/α,β-unsaturated/α-hetero) is 1. The molecular formula is C14H12ClF3N2O3. The quantitative estimate of drug-likeness (QED) is 0.370. The number of carbonyl (C=O) groups excluding carboxylic acids is 2. The second kappa shape index (κ2) is 8.33. The van der Waals surface area contributed by atoms with Gasteiger partial charge < -0.3 is 4.74 Å². The minimum atomic E-state index is -4.97. The van der Waals surface area contributed by atoms with E-state index >= 15 is 0 Å². The van der Waals surface area contributed by atoms with Gasteiger partial charge in [-0.2, -0.15) is 18.3 Å². The normalized spacial score (nSPS) is 11.9. The van der Waals surface area contributed by atoms with Crippen LogP contribution in [0.1, 0.15) is 12.5 Å². The second-order valence-electron chi connectivity index (χ2n) is 4.05. The summed E-state index contributed by atoms with van der Waals surface area (Å²) in [4.78, 5) is 21.8. The first-order valence-electron chi connectivity index (χ1n) is 6.28. The van der Waals surface area contributed by atoms with Crippen molar-refractivity contribution in [3.05, 3.63) is 34.9 Å². The number of nitrogens with zero attached hydrogens (tertiary/aromatic N) is 1. The van der Waals surface area contributed by atoms with Crippen LogP contribution < -0.4 is 5.43 Å². The van der Waals surface area contributed by atoms with Crippen molar-refractivity contribution in [2.45, 2.75) is 13.1 Å². The third-order valence-electron chi connectivity index (χ3n) is 2.34. The van der Waals surface area contributed by atoms with Crippen LogP contribution in [0.3, 0.4) is 0 Å². The maximum atomic E-state index is 12.0. The van der Waals surface area contributed by atoms with Crippen LogP contribution >= 0.6 is 11.6 Å². The molecule has 1 aromatic carbocycles. The summed E-state index contributed by atoms with van der Waals surface area (Å²) in [7, 11) is 0. The molecule has 5 nitrogen and oxygen atoms in total. The van der Waals surface area contributed by atoms with E-state index in [0.29, 0.717) is 10.6 Å². The molecule has 124 valence electrons. The summed E-state index contributed by atoms with van der Waals surface area (Å²) in [5, 5.41) is 3.51. The third kappa shape index (κ3) is 6.52. The summed E-state index contributed by atoms with van der Waals surface area (Å²) in [5.74, 6) is -2.64. The summed E-state index contributed by atoms with van der Waals surface area (Å²) in [5.41, 5.74) is 2.97. The van der Waals surface area contributed by atoms with E-state index in [1.54, 1.807) is 6.92 Å². The lowest BCUT2D eigenvalue weighted by Gasteiger charge is -2.04. The van der Waals surface area contributed by atoms with Crippen molar-refractivity contribution in [3.63, 3.8) is 0 Å². The Kier molecular flexibility index (Phi) is 6.77. The summed E-state index contributed by atoms with van der Waals surface area (Å²) < 4.78 is 40.7. The Morgan fingerprint density at radius 2 is 2.09 bits per heavy atom. The number of hydrazone groups is 1. The van der Waals surface area contributed by atoms with Crippen molar-refractivity contribution in [3.8, 4) is 0 Å². The van der Waals surface area contributed by atoms with E-state index in [1.807, 2.05) is 0 Å². The number of halogens is 4. The first-order chi connectivity index (χ1) is 10.7. The zero-order valence-electron chi connectivity index (χ0n) is 11.9. The number of nitrogens with one attached hydrogen (secondary N) is 1. The Morgan fingerprint density at radius 3 is 2.70 bits per heavy atom. The van der Waals surface area contributed by atoms with Gasteiger partial charge in [-0.3, -0.25) is 10.2 Å². The molecule has 0 amide bonds. The lowest BCUT2D eigenvalue weighted by molar-refractivity contribution is -0.162. The van der Waals surface area contributed by atoms with Gasteiger partial charge in [0, 0.05) is 11.1 Å². The van der Waals surface area contributed by atoms with E-state index < -0.39 is 17.9 Å². The fourth-order valence-corrected chi connectivity index (χ4v) is 1.51. The number of rotatable bonds is 6. The van der Waals surface area contributed by atoms with Crippen molar-refractivity contribution in [2.24, 2.45) is 5.10 Å². The molecule has 0 aliphatic rings. The maximum absolute atomic E-state index is 12.0. The minimum absolute atomic E-state index is 0.128. The third-order valence-corrected chi connectivity index (χ3v) is 2.68. The summed E-state index contributed by atoms with van der Waals surface area (Å²) in [6.07, 6.45) is -2.30. The zero-order valence-corrected chi connectivity index (χ0v) is 12.6. The summed E-state index contributed by atoms with van der Waals surface area (Å²) >= 11 is 5.93. The van der Waals surface area contributed by atoms with Gasteiger partial charge in [0.2, 0.25) is 0 Å². The van der Waals surface area contributed by atoms with Gasteiger partial charge in [-0.25, -0.2) is 4.79 Å². The van der Waals surface area contributed by atoms with Crippen molar-refractivity contribution >= 4 is 41.3 Å². The number of alkyl halides is 3. The first kappa shape index (κ1) is 18.7. The van der Waals surface area contributed by atoms with Crippen LogP contribution in [-0.4, -0.2) is 30.8 Å². The highest BCUT2D eigenvalue weighted by atomic mass is 35.5.